The van der Waals surface area contributed by atoms with Crippen molar-refractivity contribution in [1.82, 2.24) is 5.32 Å². The van der Waals surface area contributed by atoms with Crippen molar-refractivity contribution in [2.75, 3.05) is 38.8 Å². The van der Waals surface area contributed by atoms with Crippen LogP contribution in [0.1, 0.15) is 24.5 Å². The Morgan fingerprint density at radius 3 is 2.84 bits per heavy atom. The fourth-order valence-corrected chi connectivity index (χ4v) is 1.87. The topological polar surface area (TPSA) is 48.3 Å². The Bertz CT molecular complexity index is 426. The van der Waals surface area contributed by atoms with E-state index in [0.717, 1.165) is 42.9 Å². The minimum Gasteiger partial charge on any atom is -0.383 e. The first-order chi connectivity index (χ1) is 9.22. The quantitative estimate of drug-likeness (QED) is 0.728. The second-order valence-electron chi connectivity index (χ2n) is 4.55. The highest BCUT2D eigenvalue weighted by Crippen LogP contribution is 2.20. The van der Waals surface area contributed by atoms with Gasteiger partial charge in [0, 0.05) is 27.2 Å². The smallest absolute Gasteiger partial charge is 0.101 e. The Labute approximate surface area is 116 Å². The molecule has 0 fully saturated rings. The molecule has 0 amide bonds. The lowest BCUT2D eigenvalue weighted by Crippen LogP contribution is -2.23. The molecule has 1 aromatic carbocycles. The first-order valence-electron chi connectivity index (χ1n) is 6.66. The van der Waals surface area contributed by atoms with E-state index in [0.29, 0.717) is 6.61 Å². The molecular weight excluding hydrogens is 238 g/mol. The summed E-state index contributed by atoms with van der Waals surface area (Å²) in [5, 5.41) is 12.6. The van der Waals surface area contributed by atoms with Gasteiger partial charge in [-0.1, -0.05) is 13.0 Å². The molecular formula is C15H23N3O. The SMILES string of the molecule is CCCNCc1ccc(N(C)CCOC)c(C#N)c1. The van der Waals surface area contributed by atoms with E-state index in [2.05, 4.69) is 24.4 Å². The highest BCUT2D eigenvalue weighted by molar-refractivity contribution is 5.60. The number of methoxy groups -OCH3 is 1. The lowest BCUT2D eigenvalue weighted by Gasteiger charge is -2.20. The van der Waals surface area contributed by atoms with Crippen molar-refractivity contribution in [2.45, 2.75) is 19.9 Å². The fraction of sp³-hybridized carbons (Fsp3) is 0.533. The lowest BCUT2D eigenvalue weighted by molar-refractivity contribution is 0.206. The van der Waals surface area contributed by atoms with Crippen molar-refractivity contribution in [1.29, 1.82) is 5.26 Å². The molecule has 0 spiro atoms. The molecule has 0 aliphatic carbocycles. The molecule has 0 aliphatic heterocycles. The van der Waals surface area contributed by atoms with E-state index in [4.69, 9.17) is 4.74 Å². The molecule has 1 N–H and O–H groups in total. The predicted molar refractivity (Wildman–Crippen MR) is 78.3 cm³/mol. The van der Waals surface area contributed by atoms with Crippen molar-refractivity contribution in [3.05, 3.63) is 29.3 Å². The summed E-state index contributed by atoms with van der Waals surface area (Å²) < 4.78 is 5.06. The average Bonchev–Trinajstić information content (AvgIpc) is 2.44. The molecule has 0 unspecified atom stereocenters. The van der Waals surface area contributed by atoms with Crippen molar-refractivity contribution in [3.8, 4) is 6.07 Å². The van der Waals surface area contributed by atoms with E-state index in [-0.39, 0.29) is 0 Å². The Balaban J connectivity index is 2.76. The summed E-state index contributed by atoms with van der Waals surface area (Å²) in [7, 11) is 3.66. The first kappa shape index (κ1) is 15.5. The van der Waals surface area contributed by atoms with Gasteiger partial charge in [0.1, 0.15) is 6.07 Å². The van der Waals surface area contributed by atoms with Gasteiger partial charge in [0.05, 0.1) is 17.9 Å². The monoisotopic (exact) mass is 261 g/mol. The Morgan fingerprint density at radius 1 is 1.42 bits per heavy atom. The van der Waals surface area contributed by atoms with Gasteiger partial charge in [-0.25, -0.2) is 0 Å². The number of hydrogen-bond acceptors (Lipinski definition) is 4. The average molecular weight is 261 g/mol. The molecule has 1 aromatic rings. The number of anilines is 1. The molecule has 0 radical (unpaired) electrons. The van der Waals surface area contributed by atoms with Crippen LogP contribution < -0.4 is 10.2 Å². The van der Waals surface area contributed by atoms with E-state index in [1.165, 1.54) is 0 Å². The Morgan fingerprint density at radius 2 is 2.21 bits per heavy atom. The number of nitriles is 1. The van der Waals surface area contributed by atoms with Crippen LogP contribution in [0.3, 0.4) is 0 Å². The van der Waals surface area contributed by atoms with Gasteiger partial charge >= 0.3 is 0 Å². The molecule has 0 saturated carbocycles. The molecule has 0 aliphatic rings. The van der Waals surface area contributed by atoms with Crippen molar-refractivity contribution < 1.29 is 4.74 Å². The number of rotatable bonds is 8. The number of benzene rings is 1. The molecule has 1 rings (SSSR count). The normalized spacial score (nSPS) is 10.2. The molecule has 0 saturated heterocycles. The minimum atomic E-state index is 0.654. The van der Waals surface area contributed by atoms with Crippen LogP contribution >= 0.6 is 0 Å². The largest absolute Gasteiger partial charge is 0.383 e. The Hall–Kier alpha value is -1.57. The molecule has 0 heterocycles. The summed E-state index contributed by atoms with van der Waals surface area (Å²) >= 11 is 0. The number of ether oxygens (including phenoxy) is 1. The highest BCUT2D eigenvalue weighted by atomic mass is 16.5. The fourth-order valence-electron chi connectivity index (χ4n) is 1.87. The predicted octanol–water partition coefficient (Wildman–Crippen LogP) is 2.14. The van der Waals surface area contributed by atoms with Crippen LogP contribution in [0.5, 0.6) is 0 Å². The highest BCUT2D eigenvalue weighted by Gasteiger charge is 2.08. The molecule has 0 bridgehead atoms. The second-order valence-corrected chi connectivity index (χ2v) is 4.55. The van der Waals surface area contributed by atoms with Crippen LogP contribution in [0.15, 0.2) is 18.2 Å². The zero-order valence-corrected chi connectivity index (χ0v) is 12.1. The minimum absolute atomic E-state index is 0.654. The Kier molecular flexibility index (Phi) is 6.94. The molecule has 104 valence electrons. The van der Waals surface area contributed by atoms with Gasteiger partial charge in [-0.15, -0.1) is 0 Å². The molecule has 4 nitrogen and oxygen atoms in total. The summed E-state index contributed by atoms with van der Waals surface area (Å²) in [6.45, 7) is 5.38. The van der Waals surface area contributed by atoms with Crippen LogP contribution in [-0.4, -0.2) is 33.9 Å². The summed E-state index contributed by atoms with van der Waals surface area (Å²) in [5.74, 6) is 0. The maximum Gasteiger partial charge on any atom is 0.101 e. The lowest BCUT2D eigenvalue weighted by atomic mass is 10.1. The molecule has 4 heteroatoms. The number of likely N-dealkylation sites (N-methyl/N-ethyl adjacent to an activating group) is 1. The zero-order chi connectivity index (χ0) is 14.1. The van der Waals surface area contributed by atoms with Crippen LogP contribution in [0.25, 0.3) is 0 Å². The van der Waals surface area contributed by atoms with Crippen LogP contribution in [0.4, 0.5) is 5.69 Å². The molecule has 0 aromatic heterocycles. The van der Waals surface area contributed by atoms with Gasteiger partial charge in [-0.05, 0) is 30.7 Å². The number of hydrogen-bond donors (Lipinski definition) is 1. The van der Waals surface area contributed by atoms with Gasteiger partial charge in [0.2, 0.25) is 0 Å². The maximum atomic E-state index is 9.26. The summed E-state index contributed by atoms with van der Waals surface area (Å²) in [4.78, 5) is 2.05. The van der Waals surface area contributed by atoms with Gasteiger partial charge in [-0.2, -0.15) is 5.26 Å². The third kappa shape index (κ3) is 4.90. The van der Waals surface area contributed by atoms with E-state index >= 15 is 0 Å². The van der Waals surface area contributed by atoms with Crippen LogP contribution in [0.2, 0.25) is 0 Å². The van der Waals surface area contributed by atoms with E-state index < -0.39 is 0 Å². The van der Waals surface area contributed by atoms with Gasteiger partial charge in [0.15, 0.2) is 0 Å². The maximum absolute atomic E-state index is 9.26. The second kappa shape index (κ2) is 8.52. The number of nitrogens with zero attached hydrogens (tertiary/aromatic N) is 2. The van der Waals surface area contributed by atoms with E-state index in [1.807, 2.05) is 24.1 Å². The standard InChI is InChI=1S/C15H23N3O/c1-4-7-17-12-13-5-6-15(14(10-13)11-16)18(2)8-9-19-3/h5-6,10,17H,4,7-9,12H2,1-3H3. The summed E-state index contributed by atoms with van der Waals surface area (Å²) in [6.07, 6.45) is 1.11. The molecule has 19 heavy (non-hydrogen) atoms. The van der Waals surface area contributed by atoms with Crippen molar-refractivity contribution in [2.24, 2.45) is 0 Å². The van der Waals surface area contributed by atoms with E-state index in [1.54, 1.807) is 7.11 Å². The van der Waals surface area contributed by atoms with Gasteiger partial charge in [-0.3, -0.25) is 0 Å². The number of nitrogens with one attached hydrogen (secondary N) is 1. The van der Waals surface area contributed by atoms with E-state index in [9.17, 15) is 5.26 Å². The zero-order valence-electron chi connectivity index (χ0n) is 12.1. The van der Waals surface area contributed by atoms with Crippen molar-refractivity contribution in [3.63, 3.8) is 0 Å². The third-order valence-electron chi connectivity index (χ3n) is 2.98. The summed E-state index contributed by atoms with van der Waals surface area (Å²) in [6, 6.07) is 8.32. The third-order valence-corrected chi connectivity index (χ3v) is 2.98. The summed E-state index contributed by atoms with van der Waals surface area (Å²) in [5.41, 5.74) is 2.82. The molecule has 0 atom stereocenters. The van der Waals surface area contributed by atoms with Crippen LogP contribution in [0, 0.1) is 11.3 Å². The van der Waals surface area contributed by atoms with Crippen molar-refractivity contribution >= 4 is 5.69 Å². The van der Waals surface area contributed by atoms with Crippen LogP contribution in [-0.2, 0) is 11.3 Å². The van der Waals surface area contributed by atoms with Gasteiger partial charge in [0.25, 0.3) is 0 Å². The first-order valence-corrected chi connectivity index (χ1v) is 6.66. The van der Waals surface area contributed by atoms with Gasteiger partial charge < -0.3 is 15.0 Å².